The first-order valence-electron chi connectivity index (χ1n) is 12.4. The normalized spacial score (nSPS) is 15.1. The molecule has 1 aliphatic rings. The first-order chi connectivity index (χ1) is 18.2. The molecular formula is C30H27N7. The van der Waals surface area contributed by atoms with Crippen LogP contribution < -0.4 is 5.73 Å². The Morgan fingerprint density at radius 2 is 1.89 bits per heavy atom. The lowest BCUT2D eigenvalue weighted by molar-refractivity contribution is 0.253. The Morgan fingerprint density at radius 1 is 1.03 bits per heavy atom. The molecule has 1 saturated carbocycles. The number of rotatable bonds is 7. The molecule has 1 aromatic carbocycles. The van der Waals surface area contributed by atoms with E-state index < -0.39 is 0 Å². The van der Waals surface area contributed by atoms with Crippen LogP contribution in [0, 0.1) is 0 Å². The molecule has 0 unspecified atom stereocenters. The molecule has 182 valence electrons. The number of nitrogens with zero attached hydrogens (tertiary/aromatic N) is 6. The molecule has 0 radical (unpaired) electrons. The number of hydrogen-bond acceptors (Lipinski definition) is 6. The van der Waals surface area contributed by atoms with Gasteiger partial charge in [-0.2, -0.15) is 0 Å². The van der Waals surface area contributed by atoms with Crippen molar-refractivity contribution in [3.63, 3.8) is 0 Å². The molecule has 0 amide bonds. The molecule has 4 aromatic heterocycles. The van der Waals surface area contributed by atoms with Gasteiger partial charge in [0, 0.05) is 35.1 Å². The number of hydrogen-bond donors (Lipinski definition) is 1. The lowest BCUT2D eigenvalue weighted by atomic mass is 9.72. The van der Waals surface area contributed by atoms with E-state index in [1.807, 2.05) is 34.9 Å². The van der Waals surface area contributed by atoms with Crippen LogP contribution in [-0.4, -0.2) is 29.5 Å². The van der Waals surface area contributed by atoms with Crippen molar-refractivity contribution in [1.82, 2.24) is 29.5 Å². The zero-order valence-corrected chi connectivity index (χ0v) is 20.5. The number of benzene rings is 1. The van der Waals surface area contributed by atoms with Gasteiger partial charge in [-0.1, -0.05) is 61.2 Å². The second-order valence-electron chi connectivity index (χ2n) is 9.39. The SMILES string of the molecule is C=C/C=C\C=C/Cc1cc2c(ccn3c(-c4cnccn4)nnc23)nc1-c1ccc(C2(N)CCC2)cc1. The van der Waals surface area contributed by atoms with E-state index in [1.165, 1.54) is 12.0 Å². The maximum Gasteiger partial charge on any atom is 0.188 e. The summed E-state index contributed by atoms with van der Waals surface area (Å²) in [5.41, 5.74) is 13.0. The third-order valence-corrected chi connectivity index (χ3v) is 7.05. The molecule has 0 aliphatic heterocycles. The average Bonchev–Trinajstić information content (AvgIpc) is 3.36. The van der Waals surface area contributed by atoms with Gasteiger partial charge in [-0.25, -0.2) is 9.97 Å². The Hall–Kier alpha value is -4.49. The fourth-order valence-electron chi connectivity index (χ4n) is 4.85. The van der Waals surface area contributed by atoms with Crippen molar-refractivity contribution in [2.75, 3.05) is 0 Å². The summed E-state index contributed by atoms with van der Waals surface area (Å²) in [6.07, 6.45) is 20.7. The van der Waals surface area contributed by atoms with Crippen LogP contribution in [-0.2, 0) is 12.0 Å². The molecule has 0 atom stereocenters. The van der Waals surface area contributed by atoms with Crippen LogP contribution in [0.3, 0.4) is 0 Å². The Balaban J connectivity index is 1.46. The van der Waals surface area contributed by atoms with Gasteiger partial charge in [0.25, 0.3) is 0 Å². The number of nitrogens with two attached hydrogens (primary N) is 1. The van der Waals surface area contributed by atoms with E-state index in [2.05, 4.69) is 63.2 Å². The highest BCUT2D eigenvalue weighted by Gasteiger charge is 2.34. The second-order valence-corrected chi connectivity index (χ2v) is 9.39. The molecular weight excluding hydrogens is 458 g/mol. The zero-order valence-electron chi connectivity index (χ0n) is 20.5. The largest absolute Gasteiger partial charge is 0.321 e. The van der Waals surface area contributed by atoms with Gasteiger partial charge in [0.15, 0.2) is 11.5 Å². The molecule has 1 aliphatic carbocycles. The zero-order chi connectivity index (χ0) is 25.2. The third-order valence-electron chi connectivity index (χ3n) is 7.05. The minimum Gasteiger partial charge on any atom is -0.321 e. The minimum atomic E-state index is -0.182. The smallest absolute Gasteiger partial charge is 0.188 e. The van der Waals surface area contributed by atoms with E-state index in [-0.39, 0.29) is 5.54 Å². The summed E-state index contributed by atoms with van der Waals surface area (Å²) in [6, 6.07) is 12.8. The number of aromatic nitrogens is 6. The van der Waals surface area contributed by atoms with E-state index >= 15 is 0 Å². The van der Waals surface area contributed by atoms with Crippen LogP contribution in [0.5, 0.6) is 0 Å². The van der Waals surface area contributed by atoms with Gasteiger partial charge in [-0.15, -0.1) is 10.2 Å². The summed E-state index contributed by atoms with van der Waals surface area (Å²) in [5, 5.41) is 9.84. The van der Waals surface area contributed by atoms with E-state index in [4.69, 9.17) is 10.7 Å². The number of allylic oxidation sites excluding steroid dienone is 5. The molecule has 0 saturated heterocycles. The summed E-state index contributed by atoms with van der Waals surface area (Å²) in [4.78, 5) is 13.7. The highest BCUT2D eigenvalue weighted by molar-refractivity contribution is 5.94. The van der Waals surface area contributed by atoms with E-state index in [0.717, 1.165) is 46.2 Å². The molecule has 1 fully saturated rings. The van der Waals surface area contributed by atoms with Crippen LogP contribution in [0.4, 0.5) is 0 Å². The highest BCUT2D eigenvalue weighted by atomic mass is 15.3. The predicted octanol–water partition coefficient (Wildman–Crippen LogP) is 5.58. The molecule has 37 heavy (non-hydrogen) atoms. The van der Waals surface area contributed by atoms with E-state index in [0.29, 0.717) is 17.9 Å². The molecule has 0 bridgehead atoms. The van der Waals surface area contributed by atoms with Gasteiger partial charge in [0.05, 0.1) is 17.4 Å². The molecule has 6 rings (SSSR count). The Kier molecular flexibility index (Phi) is 5.90. The van der Waals surface area contributed by atoms with Gasteiger partial charge < -0.3 is 5.73 Å². The summed E-state index contributed by atoms with van der Waals surface area (Å²) >= 11 is 0. The summed E-state index contributed by atoms with van der Waals surface area (Å²) in [7, 11) is 0. The molecule has 7 nitrogen and oxygen atoms in total. The maximum absolute atomic E-state index is 6.56. The summed E-state index contributed by atoms with van der Waals surface area (Å²) < 4.78 is 1.94. The van der Waals surface area contributed by atoms with Crippen LogP contribution in [0.15, 0.2) is 98.1 Å². The van der Waals surface area contributed by atoms with Crippen molar-refractivity contribution in [1.29, 1.82) is 0 Å². The Bertz CT molecular complexity index is 1640. The summed E-state index contributed by atoms with van der Waals surface area (Å²) in [6.45, 7) is 3.73. The molecule has 5 aromatic rings. The minimum absolute atomic E-state index is 0.182. The van der Waals surface area contributed by atoms with Crippen LogP contribution in [0.2, 0.25) is 0 Å². The highest BCUT2D eigenvalue weighted by Crippen LogP contribution is 2.39. The van der Waals surface area contributed by atoms with Crippen molar-refractivity contribution in [3.05, 3.63) is 109 Å². The van der Waals surface area contributed by atoms with Gasteiger partial charge >= 0.3 is 0 Å². The molecule has 7 heteroatoms. The van der Waals surface area contributed by atoms with E-state index in [9.17, 15) is 0 Å². The van der Waals surface area contributed by atoms with Gasteiger partial charge in [-0.05, 0) is 48.9 Å². The third kappa shape index (κ3) is 4.23. The quantitative estimate of drug-likeness (QED) is 0.302. The topological polar surface area (TPSA) is 94.9 Å². The molecule has 0 spiro atoms. The van der Waals surface area contributed by atoms with Crippen molar-refractivity contribution >= 4 is 16.6 Å². The number of fused-ring (bicyclic) bond motifs is 3. The van der Waals surface area contributed by atoms with Crippen molar-refractivity contribution < 1.29 is 0 Å². The van der Waals surface area contributed by atoms with Gasteiger partial charge in [-0.3, -0.25) is 9.38 Å². The van der Waals surface area contributed by atoms with Gasteiger partial charge in [0.1, 0.15) is 5.69 Å². The Labute approximate surface area is 215 Å². The Morgan fingerprint density at radius 3 is 2.62 bits per heavy atom. The average molecular weight is 486 g/mol. The summed E-state index contributed by atoms with van der Waals surface area (Å²) in [5.74, 6) is 0.646. The van der Waals surface area contributed by atoms with Gasteiger partial charge in [0.2, 0.25) is 0 Å². The standard InChI is InChI=1S/C30H27N7/c1-2-3-4-5-6-8-22-19-24-25(13-18-37-28(24)35-36-29(37)26-20-32-16-17-33-26)34-27(22)21-9-11-23(12-10-21)30(31)14-7-15-30/h2-6,9-13,16-20H,1,7-8,14-15,31H2/b4-3-,6-5-. The molecule has 2 N–H and O–H groups in total. The lowest BCUT2D eigenvalue weighted by Crippen LogP contribution is -2.43. The van der Waals surface area contributed by atoms with Crippen LogP contribution in [0.1, 0.15) is 30.4 Å². The fraction of sp³-hybridized carbons (Fsp3) is 0.167. The van der Waals surface area contributed by atoms with Crippen molar-refractivity contribution in [2.24, 2.45) is 5.73 Å². The maximum atomic E-state index is 6.56. The first-order valence-corrected chi connectivity index (χ1v) is 12.4. The monoisotopic (exact) mass is 485 g/mol. The van der Waals surface area contributed by atoms with Crippen LogP contribution in [0.25, 0.3) is 39.3 Å². The predicted molar refractivity (Wildman–Crippen MR) is 147 cm³/mol. The number of pyridine rings is 2. The van der Waals surface area contributed by atoms with Crippen LogP contribution >= 0.6 is 0 Å². The lowest BCUT2D eigenvalue weighted by Gasteiger charge is -2.38. The van der Waals surface area contributed by atoms with Crippen molar-refractivity contribution in [2.45, 2.75) is 31.2 Å². The fourth-order valence-corrected chi connectivity index (χ4v) is 4.85. The molecule has 4 heterocycles. The van der Waals surface area contributed by atoms with Crippen molar-refractivity contribution in [3.8, 4) is 22.8 Å². The second kappa shape index (κ2) is 9.52. The van der Waals surface area contributed by atoms with E-state index in [1.54, 1.807) is 24.7 Å². The first kappa shape index (κ1) is 22.9.